The second-order valence-corrected chi connectivity index (χ2v) is 8.11. The van der Waals surface area contributed by atoms with E-state index in [4.69, 9.17) is 16.3 Å². The van der Waals surface area contributed by atoms with Crippen LogP contribution in [0.1, 0.15) is 21.5 Å². The fraction of sp³-hybridized carbons (Fsp3) is 0.267. The standard InChI is InChI=1S/C15H16ClNO4S2/c1-10(18)15-6-3-11(22-15)7-8-17-23(19,20)12-4-5-14(21-2)13(16)9-12/h3-6,9,17H,7-8H2,1-2H3. The number of methoxy groups -OCH3 is 1. The molecule has 0 amide bonds. The smallest absolute Gasteiger partial charge is 0.240 e. The molecule has 0 aliphatic rings. The molecule has 2 rings (SSSR count). The molecule has 0 fully saturated rings. The maximum atomic E-state index is 12.2. The van der Waals surface area contributed by atoms with Gasteiger partial charge in [-0.1, -0.05) is 11.6 Å². The summed E-state index contributed by atoms with van der Waals surface area (Å²) in [4.78, 5) is 12.9. The van der Waals surface area contributed by atoms with Crippen LogP contribution >= 0.6 is 22.9 Å². The molecule has 0 saturated heterocycles. The van der Waals surface area contributed by atoms with Crippen molar-refractivity contribution < 1.29 is 17.9 Å². The molecule has 23 heavy (non-hydrogen) atoms. The van der Waals surface area contributed by atoms with Crippen LogP contribution in [0.15, 0.2) is 35.2 Å². The number of nitrogens with one attached hydrogen (secondary N) is 1. The van der Waals surface area contributed by atoms with Crippen LogP contribution in [-0.4, -0.2) is 27.9 Å². The molecule has 0 radical (unpaired) electrons. The fourth-order valence-corrected chi connectivity index (χ4v) is 4.19. The van der Waals surface area contributed by atoms with Crippen LogP contribution in [-0.2, 0) is 16.4 Å². The number of carbonyl (C=O) groups is 1. The summed E-state index contributed by atoms with van der Waals surface area (Å²) in [7, 11) is -2.18. The number of sulfonamides is 1. The summed E-state index contributed by atoms with van der Waals surface area (Å²) < 4.78 is 32.0. The van der Waals surface area contributed by atoms with Crippen LogP contribution in [0.3, 0.4) is 0 Å². The van der Waals surface area contributed by atoms with Crippen LogP contribution in [0.2, 0.25) is 5.02 Å². The number of ether oxygens (including phenoxy) is 1. The first-order valence-electron chi connectivity index (χ1n) is 6.76. The molecule has 124 valence electrons. The van der Waals surface area contributed by atoms with Gasteiger partial charge < -0.3 is 4.74 Å². The third-order valence-corrected chi connectivity index (χ3v) is 6.11. The van der Waals surface area contributed by atoms with Crippen molar-refractivity contribution in [3.05, 3.63) is 45.1 Å². The van der Waals surface area contributed by atoms with E-state index in [-0.39, 0.29) is 22.2 Å². The zero-order valence-corrected chi connectivity index (χ0v) is 15.0. The number of thiophene rings is 1. The summed E-state index contributed by atoms with van der Waals surface area (Å²) in [6.45, 7) is 1.75. The van der Waals surface area contributed by atoms with Gasteiger partial charge in [0.2, 0.25) is 10.0 Å². The molecule has 0 aliphatic heterocycles. The molecule has 1 heterocycles. The number of rotatable bonds is 7. The van der Waals surface area contributed by atoms with Gasteiger partial charge >= 0.3 is 0 Å². The van der Waals surface area contributed by atoms with Crippen LogP contribution in [0.4, 0.5) is 0 Å². The van der Waals surface area contributed by atoms with E-state index in [0.29, 0.717) is 17.0 Å². The third kappa shape index (κ3) is 4.54. The lowest BCUT2D eigenvalue weighted by Gasteiger charge is -2.08. The van der Waals surface area contributed by atoms with Gasteiger partial charge in [-0.3, -0.25) is 4.79 Å². The molecule has 5 nitrogen and oxygen atoms in total. The van der Waals surface area contributed by atoms with Gasteiger partial charge in [0.05, 0.1) is 21.9 Å². The topological polar surface area (TPSA) is 72.5 Å². The maximum absolute atomic E-state index is 12.2. The van der Waals surface area contributed by atoms with Crippen LogP contribution in [0.25, 0.3) is 0 Å². The highest BCUT2D eigenvalue weighted by molar-refractivity contribution is 7.89. The van der Waals surface area contributed by atoms with E-state index in [1.54, 1.807) is 6.07 Å². The minimum atomic E-state index is -3.64. The van der Waals surface area contributed by atoms with Crippen LogP contribution in [0, 0.1) is 0 Å². The van der Waals surface area contributed by atoms with Gasteiger partial charge in [0.15, 0.2) is 5.78 Å². The zero-order valence-electron chi connectivity index (χ0n) is 12.6. The van der Waals surface area contributed by atoms with Crippen molar-refractivity contribution in [1.29, 1.82) is 0 Å². The Hall–Kier alpha value is -1.41. The number of Topliss-reactive ketones (excluding diaryl/α,β-unsaturated/α-hetero) is 1. The van der Waals surface area contributed by atoms with E-state index >= 15 is 0 Å². The van der Waals surface area contributed by atoms with Crippen molar-refractivity contribution in [1.82, 2.24) is 4.72 Å². The minimum absolute atomic E-state index is 0.00899. The quantitative estimate of drug-likeness (QED) is 0.757. The minimum Gasteiger partial charge on any atom is -0.495 e. The number of hydrogen-bond acceptors (Lipinski definition) is 5. The lowest BCUT2D eigenvalue weighted by molar-refractivity contribution is 0.102. The van der Waals surface area contributed by atoms with E-state index in [2.05, 4.69) is 4.72 Å². The van der Waals surface area contributed by atoms with Gasteiger partial charge in [0.25, 0.3) is 0 Å². The Morgan fingerprint density at radius 3 is 2.61 bits per heavy atom. The zero-order chi connectivity index (χ0) is 17.0. The number of ketones is 1. The molecule has 1 aromatic heterocycles. The lowest BCUT2D eigenvalue weighted by atomic mass is 10.3. The first-order chi connectivity index (χ1) is 10.8. The van der Waals surface area contributed by atoms with Crippen molar-refractivity contribution in [3.63, 3.8) is 0 Å². The normalized spacial score (nSPS) is 11.4. The first kappa shape index (κ1) is 17.9. The highest BCUT2D eigenvalue weighted by Gasteiger charge is 2.16. The van der Waals surface area contributed by atoms with Gasteiger partial charge in [0.1, 0.15) is 5.75 Å². The molecule has 1 aromatic carbocycles. The summed E-state index contributed by atoms with van der Waals surface area (Å²) in [6.07, 6.45) is 0.515. The number of carbonyl (C=O) groups excluding carboxylic acids is 1. The Balaban J connectivity index is 2.01. The summed E-state index contributed by atoms with van der Waals surface area (Å²) >= 11 is 7.32. The molecule has 1 N–H and O–H groups in total. The molecule has 0 spiro atoms. The van der Waals surface area contributed by atoms with Crippen molar-refractivity contribution in [2.24, 2.45) is 0 Å². The van der Waals surface area contributed by atoms with Gasteiger partial charge in [-0.25, -0.2) is 13.1 Å². The number of halogens is 1. The van der Waals surface area contributed by atoms with E-state index < -0.39 is 10.0 Å². The SMILES string of the molecule is COc1ccc(S(=O)(=O)NCCc2ccc(C(C)=O)s2)cc1Cl. The molecular formula is C15H16ClNO4S2. The van der Waals surface area contributed by atoms with Gasteiger partial charge in [-0.15, -0.1) is 11.3 Å². The summed E-state index contributed by atoms with van der Waals surface area (Å²) in [5.74, 6) is 0.427. The lowest BCUT2D eigenvalue weighted by Crippen LogP contribution is -2.25. The molecule has 0 saturated carbocycles. The highest BCUT2D eigenvalue weighted by Crippen LogP contribution is 2.26. The van der Waals surface area contributed by atoms with Crippen molar-refractivity contribution in [2.75, 3.05) is 13.7 Å². The first-order valence-corrected chi connectivity index (χ1v) is 9.44. The Bertz CT molecular complexity index is 815. The van der Waals surface area contributed by atoms with E-state index in [1.807, 2.05) is 6.07 Å². The number of benzene rings is 1. The second-order valence-electron chi connectivity index (χ2n) is 4.77. The van der Waals surface area contributed by atoms with Gasteiger partial charge in [-0.2, -0.15) is 0 Å². The van der Waals surface area contributed by atoms with Crippen LogP contribution < -0.4 is 9.46 Å². The molecule has 0 unspecified atom stereocenters. The van der Waals surface area contributed by atoms with Crippen molar-refractivity contribution in [3.8, 4) is 5.75 Å². The predicted octanol–water partition coefficient (Wildman–Crippen LogP) is 3.13. The monoisotopic (exact) mass is 373 g/mol. The summed E-state index contributed by atoms with van der Waals surface area (Å²) in [5.41, 5.74) is 0. The average Bonchev–Trinajstić information content (AvgIpc) is 2.96. The average molecular weight is 374 g/mol. The number of hydrogen-bond donors (Lipinski definition) is 1. The maximum Gasteiger partial charge on any atom is 0.240 e. The molecule has 0 atom stereocenters. The van der Waals surface area contributed by atoms with Gasteiger partial charge in [-0.05, 0) is 43.7 Å². The Kier molecular flexibility index (Phi) is 5.80. The molecule has 0 bridgehead atoms. The van der Waals surface area contributed by atoms with Crippen molar-refractivity contribution in [2.45, 2.75) is 18.2 Å². The summed E-state index contributed by atoms with van der Waals surface area (Å²) in [6, 6.07) is 7.88. The van der Waals surface area contributed by atoms with E-state index in [0.717, 1.165) is 4.88 Å². The molecule has 2 aromatic rings. The molecule has 8 heteroatoms. The predicted molar refractivity (Wildman–Crippen MR) is 91.2 cm³/mol. The van der Waals surface area contributed by atoms with Crippen molar-refractivity contribution >= 4 is 38.7 Å². The highest BCUT2D eigenvalue weighted by atomic mass is 35.5. The second kappa shape index (κ2) is 7.44. The largest absolute Gasteiger partial charge is 0.495 e. The summed E-state index contributed by atoms with van der Waals surface area (Å²) in [5, 5.41) is 0.236. The van der Waals surface area contributed by atoms with Gasteiger partial charge in [0, 0.05) is 11.4 Å². The Morgan fingerprint density at radius 1 is 1.30 bits per heavy atom. The fourth-order valence-electron chi connectivity index (χ4n) is 1.91. The Labute approximate surface area is 144 Å². The van der Waals surface area contributed by atoms with E-state index in [1.165, 1.54) is 43.6 Å². The molecular weight excluding hydrogens is 358 g/mol. The Morgan fingerprint density at radius 2 is 2.04 bits per heavy atom. The van der Waals surface area contributed by atoms with Crippen LogP contribution in [0.5, 0.6) is 5.75 Å². The third-order valence-electron chi connectivity index (χ3n) is 3.11. The van der Waals surface area contributed by atoms with E-state index in [9.17, 15) is 13.2 Å². The molecule has 0 aliphatic carbocycles.